The highest BCUT2D eigenvalue weighted by Crippen LogP contribution is 2.12. The molecule has 0 saturated carbocycles. The predicted molar refractivity (Wildman–Crippen MR) is 65.9 cm³/mol. The lowest BCUT2D eigenvalue weighted by atomic mass is 10.3. The second kappa shape index (κ2) is 5.93. The van der Waals surface area contributed by atoms with E-state index in [1.165, 1.54) is 12.0 Å². The quantitative estimate of drug-likeness (QED) is 0.790. The van der Waals surface area contributed by atoms with Gasteiger partial charge >= 0.3 is 0 Å². The van der Waals surface area contributed by atoms with Crippen LogP contribution in [-0.2, 0) is 0 Å². The third kappa shape index (κ3) is 3.36. The molecule has 1 fully saturated rings. The Kier molecular flexibility index (Phi) is 4.85. The van der Waals surface area contributed by atoms with E-state index in [9.17, 15) is 0 Å². The average molecular weight is 228 g/mol. The summed E-state index contributed by atoms with van der Waals surface area (Å²) < 4.78 is 0. The first-order valence-electron chi connectivity index (χ1n) is 5.24. The van der Waals surface area contributed by atoms with Crippen molar-refractivity contribution >= 4 is 18.2 Å². The van der Waals surface area contributed by atoms with E-state index in [1.54, 1.807) is 0 Å². The number of pyridine rings is 1. The van der Waals surface area contributed by atoms with Gasteiger partial charge in [0.2, 0.25) is 0 Å². The molecular formula is C11H18ClN3. The van der Waals surface area contributed by atoms with E-state index in [4.69, 9.17) is 0 Å². The predicted octanol–water partition coefficient (Wildman–Crippen LogP) is 1.61. The number of halogens is 1. The van der Waals surface area contributed by atoms with E-state index in [-0.39, 0.29) is 12.4 Å². The van der Waals surface area contributed by atoms with Crippen LogP contribution in [0.2, 0.25) is 0 Å². The van der Waals surface area contributed by atoms with E-state index in [0.717, 1.165) is 32.0 Å². The van der Waals surface area contributed by atoms with Crippen LogP contribution in [0.1, 0.15) is 12.0 Å². The highest BCUT2D eigenvalue weighted by molar-refractivity contribution is 5.85. The Morgan fingerprint density at radius 3 is 3.00 bits per heavy atom. The third-order valence-electron chi connectivity index (χ3n) is 2.57. The lowest BCUT2D eigenvalue weighted by molar-refractivity contribution is 0.724. The minimum atomic E-state index is 0. The molecule has 1 N–H and O–H groups in total. The summed E-state index contributed by atoms with van der Waals surface area (Å²) in [5.74, 6) is 1.12. The number of aromatic nitrogens is 1. The molecule has 0 spiro atoms. The number of hydrogen-bond donors (Lipinski definition) is 1. The van der Waals surface area contributed by atoms with Crippen molar-refractivity contribution in [2.24, 2.45) is 0 Å². The first kappa shape index (κ1) is 12.3. The van der Waals surface area contributed by atoms with Gasteiger partial charge in [-0.1, -0.05) is 0 Å². The van der Waals surface area contributed by atoms with Gasteiger partial charge in [0, 0.05) is 25.8 Å². The van der Waals surface area contributed by atoms with Crippen molar-refractivity contribution in [1.29, 1.82) is 0 Å². The van der Waals surface area contributed by atoms with Gasteiger partial charge in [0.25, 0.3) is 0 Å². The average Bonchev–Trinajstić information content (AvgIpc) is 2.45. The van der Waals surface area contributed by atoms with Crippen molar-refractivity contribution in [2.45, 2.75) is 13.3 Å². The van der Waals surface area contributed by atoms with Crippen LogP contribution in [0.5, 0.6) is 0 Å². The summed E-state index contributed by atoms with van der Waals surface area (Å²) in [5, 5.41) is 3.39. The SMILES string of the molecule is Cc1ccnc(N2CCCNCC2)c1.Cl. The number of nitrogens with zero attached hydrogens (tertiary/aromatic N) is 2. The molecule has 1 aromatic rings. The van der Waals surface area contributed by atoms with Gasteiger partial charge in [-0.2, -0.15) is 0 Å². The zero-order valence-electron chi connectivity index (χ0n) is 9.07. The molecule has 0 radical (unpaired) electrons. The largest absolute Gasteiger partial charge is 0.355 e. The van der Waals surface area contributed by atoms with Crippen molar-refractivity contribution in [1.82, 2.24) is 10.3 Å². The molecular weight excluding hydrogens is 210 g/mol. The van der Waals surface area contributed by atoms with Crippen LogP contribution >= 0.6 is 12.4 Å². The highest BCUT2D eigenvalue weighted by atomic mass is 35.5. The number of aryl methyl sites for hydroxylation is 1. The Hall–Kier alpha value is -0.800. The molecule has 2 heterocycles. The van der Waals surface area contributed by atoms with Crippen LogP contribution < -0.4 is 10.2 Å². The van der Waals surface area contributed by atoms with Crippen molar-refractivity contribution in [3.05, 3.63) is 23.9 Å². The monoisotopic (exact) mass is 227 g/mol. The maximum atomic E-state index is 4.40. The fourth-order valence-corrected chi connectivity index (χ4v) is 1.77. The second-order valence-corrected chi connectivity index (χ2v) is 3.78. The van der Waals surface area contributed by atoms with Gasteiger partial charge in [0.1, 0.15) is 5.82 Å². The van der Waals surface area contributed by atoms with Gasteiger partial charge in [-0.25, -0.2) is 4.98 Å². The van der Waals surface area contributed by atoms with Gasteiger partial charge in [0.05, 0.1) is 0 Å². The number of nitrogens with one attached hydrogen (secondary N) is 1. The van der Waals surface area contributed by atoms with E-state index in [0.29, 0.717) is 0 Å². The minimum absolute atomic E-state index is 0. The Bertz CT molecular complexity index is 296. The fourth-order valence-electron chi connectivity index (χ4n) is 1.77. The number of rotatable bonds is 1. The van der Waals surface area contributed by atoms with Crippen LogP contribution in [0.15, 0.2) is 18.3 Å². The minimum Gasteiger partial charge on any atom is -0.355 e. The Labute approximate surface area is 97.3 Å². The van der Waals surface area contributed by atoms with E-state index < -0.39 is 0 Å². The Balaban J connectivity index is 0.00000112. The molecule has 0 unspecified atom stereocenters. The smallest absolute Gasteiger partial charge is 0.128 e. The summed E-state index contributed by atoms with van der Waals surface area (Å²) in [5.41, 5.74) is 1.28. The molecule has 1 aliphatic rings. The molecule has 84 valence electrons. The summed E-state index contributed by atoms with van der Waals surface area (Å²) in [6, 6.07) is 4.20. The van der Waals surface area contributed by atoms with Gasteiger partial charge in [0.15, 0.2) is 0 Å². The van der Waals surface area contributed by atoms with Crippen molar-refractivity contribution < 1.29 is 0 Å². The molecule has 1 saturated heterocycles. The third-order valence-corrected chi connectivity index (χ3v) is 2.57. The first-order chi connectivity index (χ1) is 6.86. The topological polar surface area (TPSA) is 28.2 Å². The zero-order valence-corrected chi connectivity index (χ0v) is 9.89. The molecule has 3 nitrogen and oxygen atoms in total. The van der Waals surface area contributed by atoms with Crippen molar-refractivity contribution in [2.75, 3.05) is 31.1 Å². The lowest BCUT2D eigenvalue weighted by Gasteiger charge is -2.21. The van der Waals surface area contributed by atoms with Gasteiger partial charge < -0.3 is 10.2 Å². The van der Waals surface area contributed by atoms with Gasteiger partial charge in [-0.15, -0.1) is 12.4 Å². The van der Waals surface area contributed by atoms with Gasteiger partial charge in [-0.05, 0) is 37.6 Å². The fraction of sp³-hybridized carbons (Fsp3) is 0.545. The Morgan fingerprint density at radius 2 is 2.20 bits per heavy atom. The summed E-state index contributed by atoms with van der Waals surface area (Å²) in [6.45, 7) is 6.49. The molecule has 1 aromatic heterocycles. The molecule has 4 heteroatoms. The first-order valence-corrected chi connectivity index (χ1v) is 5.24. The Morgan fingerprint density at radius 1 is 1.33 bits per heavy atom. The normalized spacial score (nSPS) is 16.7. The van der Waals surface area contributed by atoms with Crippen molar-refractivity contribution in [3.8, 4) is 0 Å². The summed E-state index contributed by atoms with van der Waals surface area (Å²) in [4.78, 5) is 6.76. The number of hydrogen-bond acceptors (Lipinski definition) is 3. The molecule has 0 atom stereocenters. The van der Waals surface area contributed by atoms with Crippen LogP contribution in [0.25, 0.3) is 0 Å². The standard InChI is InChI=1S/C11H17N3.ClH/c1-10-3-5-13-11(9-10)14-7-2-4-12-6-8-14;/h3,5,9,12H,2,4,6-8H2,1H3;1H. The highest BCUT2D eigenvalue weighted by Gasteiger charge is 2.09. The van der Waals surface area contributed by atoms with Gasteiger partial charge in [-0.3, -0.25) is 0 Å². The number of anilines is 1. The summed E-state index contributed by atoms with van der Waals surface area (Å²) in [7, 11) is 0. The lowest BCUT2D eigenvalue weighted by Crippen LogP contribution is -2.28. The molecule has 0 aliphatic carbocycles. The molecule has 0 amide bonds. The maximum Gasteiger partial charge on any atom is 0.128 e. The summed E-state index contributed by atoms with van der Waals surface area (Å²) >= 11 is 0. The zero-order chi connectivity index (χ0) is 9.80. The maximum absolute atomic E-state index is 4.40. The molecule has 15 heavy (non-hydrogen) atoms. The van der Waals surface area contributed by atoms with Crippen LogP contribution in [0.3, 0.4) is 0 Å². The van der Waals surface area contributed by atoms with E-state index in [1.807, 2.05) is 12.3 Å². The van der Waals surface area contributed by atoms with Crippen molar-refractivity contribution in [3.63, 3.8) is 0 Å². The molecule has 1 aliphatic heterocycles. The van der Waals surface area contributed by atoms with E-state index in [2.05, 4.69) is 28.2 Å². The molecule has 0 bridgehead atoms. The second-order valence-electron chi connectivity index (χ2n) is 3.78. The molecule has 0 aromatic carbocycles. The van der Waals surface area contributed by atoms with Crippen LogP contribution in [0, 0.1) is 6.92 Å². The van der Waals surface area contributed by atoms with Crippen LogP contribution in [0.4, 0.5) is 5.82 Å². The van der Waals surface area contributed by atoms with E-state index >= 15 is 0 Å². The summed E-state index contributed by atoms with van der Waals surface area (Å²) in [6.07, 6.45) is 3.10. The van der Waals surface area contributed by atoms with Crippen LogP contribution in [-0.4, -0.2) is 31.2 Å². The molecule has 2 rings (SSSR count).